The summed E-state index contributed by atoms with van der Waals surface area (Å²) in [6.07, 6.45) is 2.56. The summed E-state index contributed by atoms with van der Waals surface area (Å²) in [5.41, 5.74) is -0.237. The monoisotopic (exact) mass is 329 g/mol. The van der Waals surface area contributed by atoms with Crippen molar-refractivity contribution in [1.82, 2.24) is 5.32 Å². The lowest BCUT2D eigenvalue weighted by Crippen LogP contribution is -2.54. The van der Waals surface area contributed by atoms with Gasteiger partial charge in [0, 0.05) is 6.04 Å². The fraction of sp³-hybridized carbons (Fsp3) is 0.500. The molecule has 0 aromatic heterocycles. The third-order valence-corrected chi connectivity index (χ3v) is 4.11. The van der Waals surface area contributed by atoms with Crippen molar-refractivity contribution in [3.05, 3.63) is 34.1 Å². The van der Waals surface area contributed by atoms with E-state index in [1.54, 1.807) is 12.1 Å². The molecular formula is C14H17BrFNO2. The highest BCUT2D eigenvalue weighted by atomic mass is 79.9. The van der Waals surface area contributed by atoms with Gasteiger partial charge in [0.25, 0.3) is 5.91 Å². The van der Waals surface area contributed by atoms with Crippen LogP contribution in [0.3, 0.4) is 0 Å². The molecule has 1 aliphatic carbocycles. The summed E-state index contributed by atoms with van der Waals surface area (Å²) in [6, 6.07) is 4.69. The number of rotatable bonds is 4. The van der Waals surface area contributed by atoms with E-state index in [0.29, 0.717) is 23.7 Å². The molecule has 2 N–H and O–H groups in total. The Morgan fingerprint density at radius 2 is 2.26 bits per heavy atom. The molecule has 2 rings (SSSR count). The fourth-order valence-corrected chi connectivity index (χ4v) is 2.59. The molecule has 0 radical (unpaired) electrons. The van der Waals surface area contributed by atoms with Crippen LogP contribution in [0.2, 0.25) is 0 Å². The normalized spacial score (nSPS) is 18.5. The van der Waals surface area contributed by atoms with Gasteiger partial charge in [0.1, 0.15) is 11.4 Å². The van der Waals surface area contributed by atoms with Crippen LogP contribution in [-0.4, -0.2) is 22.7 Å². The van der Waals surface area contributed by atoms with Gasteiger partial charge in [0.2, 0.25) is 0 Å². The molecule has 1 atom stereocenters. The Labute approximate surface area is 120 Å². The van der Waals surface area contributed by atoms with Gasteiger partial charge in [-0.2, -0.15) is 0 Å². The lowest BCUT2D eigenvalue weighted by Gasteiger charge is -2.35. The molecule has 0 heterocycles. The smallest absolute Gasteiger partial charge is 0.252 e. The summed E-state index contributed by atoms with van der Waals surface area (Å²) in [7, 11) is 0. The van der Waals surface area contributed by atoms with E-state index in [1.165, 1.54) is 6.07 Å². The standard InChI is InChI=1S/C14H17BrFNO2/c1-9(17-13(18)14(19)5-2-6-14)7-10-3-4-12(16)11(15)8-10/h3-4,8-9,19H,2,5-7H2,1H3,(H,17,18)/t9-/m0/s1. The number of hydrogen-bond acceptors (Lipinski definition) is 2. The largest absolute Gasteiger partial charge is 0.380 e. The predicted octanol–water partition coefficient (Wildman–Crippen LogP) is 2.55. The zero-order valence-corrected chi connectivity index (χ0v) is 12.3. The van der Waals surface area contributed by atoms with E-state index in [9.17, 15) is 14.3 Å². The summed E-state index contributed by atoms with van der Waals surface area (Å²) in [5.74, 6) is -0.600. The number of benzene rings is 1. The van der Waals surface area contributed by atoms with Crippen molar-refractivity contribution in [3.63, 3.8) is 0 Å². The van der Waals surface area contributed by atoms with Crippen LogP contribution in [0.15, 0.2) is 22.7 Å². The summed E-state index contributed by atoms with van der Waals surface area (Å²) in [4.78, 5) is 11.8. The Kier molecular flexibility index (Phi) is 4.26. The van der Waals surface area contributed by atoms with Gasteiger partial charge in [-0.25, -0.2) is 4.39 Å². The van der Waals surface area contributed by atoms with Crippen LogP contribution in [0.25, 0.3) is 0 Å². The first-order valence-corrected chi connectivity index (χ1v) is 7.17. The van der Waals surface area contributed by atoms with E-state index in [4.69, 9.17) is 0 Å². The first-order valence-electron chi connectivity index (χ1n) is 6.38. The summed E-state index contributed by atoms with van der Waals surface area (Å²) in [5, 5.41) is 12.7. The molecule has 1 saturated carbocycles. The first kappa shape index (κ1) is 14.5. The molecule has 1 aromatic rings. The lowest BCUT2D eigenvalue weighted by atomic mass is 9.79. The van der Waals surface area contributed by atoms with Crippen LogP contribution in [0.4, 0.5) is 4.39 Å². The molecule has 0 aliphatic heterocycles. The summed E-state index contributed by atoms with van der Waals surface area (Å²) >= 11 is 3.14. The van der Waals surface area contributed by atoms with Gasteiger partial charge < -0.3 is 10.4 Å². The van der Waals surface area contributed by atoms with E-state index in [-0.39, 0.29) is 17.8 Å². The summed E-state index contributed by atoms with van der Waals surface area (Å²) < 4.78 is 13.5. The van der Waals surface area contributed by atoms with E-state index < -0.39 is 5.60 Å². The van der Waals surface area contributed by atoms with Gasteiger partial charge in [-0.05, 0) is 66.2 Å². The number of carbonyl (C=O) groups is 1. The molecule has 104 valence electrons. The molecule has 0 unspecified atom stereocenters. The van der Waals surface area contributed by atoms with Crippen molar-refractivity contribution in [2.24, 2.45) is 0 Å². The molecule has 5 heteroatoms. The molecule has 3 nitrogen and oxygen atoms in total. The van der Waals surface area contributed by atoms with Crippen molar-refractivity contribution in [2.75, 3.05) is 0 Å². The Balaban J connectivity index is 1.91. The minimum absolute atomic E-state index is 0.102. The second kappa shape index (κ2) is 5.59. The Bertz CT molecular complexity index is 488. The minimum Gasteiger partial charge on any atom is -0.380 e. The molecule has 0 spiro atoms. The highest BCUT2D eigenvalue weighted by Crippen LogP contribution is 2.31. The lowest BCUT2D eigenvalue weighted by molar-refractivity contribution is -0.149. The second-order valence-corrected chi connectivity index (χ2v) is 6.07. The van der Waals surface area contributed by atoms with Gasteiger partial charge in [0.05, 0.1) is 4.47 Å². The van der Waals surface area contributed by atoms with Crippen LogP contribution in [-0.2, 0) is 11.2 Å². The molecule has 1 fully saturated rings. The number of halogens is 2. The Hall–Kier alpha value is -0.940. The van der Waals surface area contributed by atoms with E-state index in [1.807, 2.05) is 6.92 Å². The Morgan fingerprint density at radius 1 is 1.58 bits per heavy atom. The molecule has 19 heavy (non-hydrogen) atoms. The van der Waals surface area contributed by atoms with Crippen LogP contribution in [0.5, 0.6) is 0 Å². The van der Waals surface area contributed by atoms with Crippen molar-refractivity contribution in [1.29, 1.82) is 0 Å². The third-order valence-electron chi connectivity index (χ3n) is 3.51. The van der Waals surface area contributed by atoms with E-state index >= 15 is 0 Å². The molecular weight excluding hydrogens is 313 g/mol. The maximum atomic E-state index is 13.1. The molecule has 0 saturated heterocycles. The third kappa shape index (κ3) is 3.34. The van der Waals surface area contributed by atoms with Crippen molar-refractivity contribution < 1.29 is 14.3 Å². The van der Waals surface area contributed by atoms with Crippen molar-refractivity contribution in [3.8, 4) is 0 Å². The zero-order chi connectivity index (χ0) is 14.0. The fourth-order valence-electron chi connectivity index (χ4n) is 2.17. The number of carbonyl (C=O) groups excluding carboxylic acids is 1. The molecule has 1 amide bonds. The highest BCUT2D eigenvalue weighted by molar-refractivity contribution is 9.10. The van der Waals surface area contributed by atoms with E-state index in [0.717, 1.165) is 12.0 Å². The predicted molar refractivity (Wildman–Crippen MR) is 74.2 cm³/mol. The van der Waals surface area contributed by atoms with Gasteiger partial charge in [-0.3, -0.25) is 4.79 Å². The minimum atomic E-state index is -1.17. The quantitative estimate of drug-likeness (QED) is 0.891. The number of hydrogen-bond donors (Lipinski definition) is 2. The van der Waals surface area contributed by atoms with Gasteiger partial charge in [-0.1, -0.05) is 6.07 Å². The summed E-state index contributed by atoms with van der Waals surface area (Å²) in [6.45, 7) is 1.87. The SMILES string of the molecule is C[C@@H](Cc1ccc(F)c(Br)c1)NC(=O)C1(O)CCC1. The average Bonchev–Trinajstić information content (AvgIpc) is 2.30. The second-order valence-electron chi connectivity index (χ2n) is 5.21. The van der Waals surface area contributed by atoms with Crippen LogP contribution in [0.1, 0.15) is 31.7 Å². The topological polar surface area (TPSA) is 49.3 Å². The van der Waals surface area contributed by atoms with Gasteiger partial charge in [0.15, 0.2) is 0 Å². The van der Waals surface area contributed by atoms with E-state index in [2.05, 4.69) is 21.2 Å². The van der Waals surface area contributed by atoms with Crippen molar-refractivity contribution >= 4 is 21.8 Å². The molecule has 0 bridgehead atoms. The van der Waals surface area contributed by atoms with Crippen molar-refractivity contribution in [2.45, 2.75) is 44.2 Å². The average molecular weight is 330 g/mol. The molecule has 1 aliphatic rings. The number of amides is 1. The number of nitrogens with one attached hydrogen (secondary N) is 1. The highest BCUT2D eigenvalue weighted by Gasteiger charge is 2.42. The Morgan fingerprint density at radius 3 is 2.79 bits per heavy atom. The maximum Gasteiger partial charge on any atom is 0.252 e. The van der Waals surface area contributed by atoms with Gasteiger partial charge in [-0.15, -0.1) is 0 Å². The van der Waals surface area contributed by atoms with Gasteiger partial charge >= 0.3 is 0 Å². The van der Waals surface area contributed by atoms with Crippen LogP contribution in [0, 0.1) is 5.82 Å². The zero-order valence-electron chi connectivity index (χ0n) is 10.7. The number of aliphatic hydroxyl groups is 1. The van der Waals surface area contributed by atoms with Crippen LogP contribution < -0.4 is 5.32 Å². The first-order chi connectivity index (χ1) is 8.90. The molecule has 1 aromatic carbocycles. The maximum absolute atomic E-state index is 13.1. The van der Waals surface area contributed by atoms with Crippen LogP contribution >= 0.6 is 15.9 Å².